The van der Waals surface area contributed by atoms with Crippen molar-refractivity contribution in [2.45, 2.75) is 38.3 Å². The molecule has 158 valence electrons. The first-order valence-corrected chi connectivity index (χ1v) is 10.8. The molecule has 2 aromatic rings. The van der Waals surface area contributed by atoms with Crippen molar-refractivity contribution in [3.63, 3.8) is 0 Å². The van der Waals surface area contributed by atoms with Gasteiger partial charge >= 0.3 is 6.03 Å². The number of carbonyl (C=O) groups excluding carboxylic acids is 2. The second kappa shape index (κ2) is 9.30. The van der Waals surface area contributed by atoms with E-state index in [1.165, 1.54) is 0 Å². The smallest absolute Gasteiger partial charge is 0.321 e. The molecule has 2 aliphatic rings. The van der Waals surface area contributed by atoms with Gasteiger partial charge < -0.3 is 20.2 Å². The Balaban J connectivity index is 1.26. The Morgan fingerprint density at radius 2 is 1.73 bits per heavy atom. The lowest BCUT2D eigenvalue weighted by Gasteiger charge is -2.34. The van der Waals surface area contributed by atoms with E-state index in [1.54, 1.807) is 0 Å². The minimum atomic E-state index is -0.480. The number of nitrogens with one attached hydrogen (secondary N) is 1. The Morgan fingerprint density at radius 3 is 2.37 bits per heavy atom. The Hall–Kier alpha value is -2.86. The van der Waals surface area contributed by atoms with E-state index in [2.05, 4.69) is 5.32 Å². The molecule has 0 radical (unpaired) electrons. The molecule has 30 heavy (non-hydrogen) atoms. The molecule has 2 aliphatic heterocycles. The molecule has 0 aromatic heterocycles. The normalized spacial score (nSPS) is 18.5. The summed E-state index contributed by atoms with van der Waals surface area (Å²) in [5, 5.41) is 13.6. The average Bonchev–Trinajstić information content (AvgIpc) is 3.19. The zero-order valence-corrected chi connectivity index (χ0v) is 17.2. The first-order chi connectivity index (χ1) is 14.6. The number of aliphatic hydroxyl groups excluding tert-OH is 1. The Labute approximate surface area is 177 Å². The maximum absolute atomic E-state index is 12.6. The van der Waals surface area contributed by atoms with Gasteiger partial charge in [-0.3, -0.25) is 4.79 Å². The van der Waals surface area contributed by atoms with Gasteiger partial charge in [-0.1, -0.05) is 42.5 Å². The van der Waals surface area contributed by atoms with Crippen molar-refractivity contribution in [2.75, 3.05) is 25.0 Å². The lowest BCUT2D eigenvalue weighted by Crippen LogP contribution is -2.42. The van der Waals surface area contributed by atoms with Crippen LogP contribution in [0.2, 0.25) is 0 Å². The second-order valence-electron chi connectivity index (χ2n) is 8.23. The zero-order valence-electron chi connectivity index (χ0n) is 17.2. The highest BCUT2D eigenvalue weighted by Gasteiger charge is 2.28. The van der Waals surface area contributed by atoms with Crippen LogP contribution in [0.4, 0.5) is 10.5 Å². The monoisotopic (exact) mass is 407 g/mol. The molecule has 2 saturated heterocycles. The van der Waals surface area contributed by atoms with E-state index < -0.39 is 6.10 Å². The predicted octanol–water partition coefficient (Wildman–Crippen LogP) is 3.79. The van der Waals surface area contributed by atoms with E-state index in [4.69, 9.17) is 0 Å². The van der Waals surface area contributed by atoms with Crippen LogP contribution in [0.15, 0.2) is 54.6 Å². The van der Waals surface area contributed by atoms with Gasteiger partial charge in [-0.05, 0) is 48.4 Å². The molecule has 0 aliphatic carbocycles. The number of piperidine rings is 1. The maximum atomic E-state index is 12.6. The van der Waals surface area contributed by atoms with Crippen LogP contribution in [-0.4, -0.2) is 46.5 Å². The van der Waals surface area contributed by atoms with E-state index in [9.17, 15) is 14.7 Å². The standard InChI is InChI=1S/C24H29N3O3/c28-22-7-4-14-27(22)17-18-8-10-21(11-9-18)25-24(30)26-15-12-20(13-16-26)23(29)19-5-2-1-3-6-19/h1-3,5-6,8-11,20,23,29H,4,7,12-17H2,(H,25,30). The third kappa shape index (κ3) is 4.82. The lowest BCUT2D eigenvalue weighted by atomic mass is 9.87. The van der Waals surface area contributed by atoms with Gasteiger partial charge in [0.15, 0.2) is 0 Å². The first kappa shape index (κ1) is 20.4. The summed E-state index contributed by atoms with van der Waals surface area (Å²) < 4.78 is 0. The van der Waals surface area contributed by atoms with Gasteiger partial charge in [0.2, 0.25) is 5.91 Å². The van der Waals surface area contributed by atoms with Crippen molar-refractivity contribution in [2.24, 2.45) is 5.92 Å². The number of nitrogens with zero attached hydrogens (tertiary/aromatic N) is 2. The molecule has 0 saturated carbocycles. The SMILES string of the molecule is O=C1CCCN1Cc1ccc(NC(=O)N2CCC(C(O)c3ccccc3)CC2)cc1. The fourth-order valence-corrected chi connectivity index (χ4v) is 4.33. The molecule has 0 bridgehead atoms. The molecule has 2 aromatic carbocycles. The van der Waals surface area contributed by atoms with E-state index in [0.717, 1.165) is 42.6 Å². The number of carbonyl (C=O) groups is 2. The summed E-state index contributed by atoms with van der Waals surface area (Å²) >= 11 is 0. The van der Waals surface area contributed by atoms with Gasteiger partial charge in [0.05, 0.1) is 6.10 Å². The second-order valence-corrected chi connectivity index (χ2v) is 8.23. The van der Waals surface area contributed by atoms with Gasteiger partial charge in [0.1, 0.15) is 0 Å². The predicted molar refractivity (Wildman–Crippen MR) is 116 cm³/mol. The van der Waals surface area contributed by atoms with E-state index in [0.29, 0.717) is 26.1 Å². The van der Waals surface area contributed by atoms with Crippen molar-refractivity contribution >= 4 is 17.6 Å². The van der Waals surface area contributed by atoms with E-state index in [1.807, 2.05) is 64.4 Å². The van der Waals surface area contributed by atoms with Crippen molar-refractivity contribution in [3.05, 3.63) is 65.7 Å². The number of likely N-dealkylation sites (tertiary alicyclic amines) is 2. The number of rotatable bonds is 5. The van der Waals surface area contributed by atoms with Crippen molar-refractivity contribution in [1.29, 1.82) is 0 Å². The first-order valence-electron chi connectivity index (χ1n) is 10.8. The summed E-state index contributed by atoms with van der Waals surface area (Å²) in [5.74, 6) is 0.386. The molecule has 6 heteroatoms. The van der Waals surface area contributed by atoms with E-state index >= 15 is 0 Å². The maximum Gasteiger partial charge on any atom is 0.321 e. The number of benzene rings is 2. The molecule has 2 N–H and O–H groups in total. The van der Waals surface area contributed by atoms with Gasteiger partial charge in [-0.25, -0.2) is 4.79 Å². The summed E-state index contributed by atoms with van der Waals surface area (Å²) in [4.78, 5) is 28.1. The molecule has 3 amide bonds. The molecule has 1 atom stereocenters. The number of hydrogen-bond donors (Lipinski definition) is 2. The zero-order chi connectivity index (χ0) is 20.9. The molecule has 0 spiro atoms. The summed E-state index contributed by atoms with van der Waals surface area (Å²) in [6.45, 7) is 2.72. The number of urea groups is 1. The minimum Gasteiger partial charge on any atom is -0.388 e. The van der Waals surface area contributed by atoms with Crippen LogP contribution in [0, 0.1) is 5.92 Å². The van der Waals surface area contributed by atoms with Crippen molar-refractivity contribution in [3.8, 4) is 0 Å². The van der Waals surface area contributed by atoms with Gasteiger partial charge in [0.25, 0.3) is 0 Å². The van der Waals surface area contributed by atoms with Crippen LogP contribution in [0.3, 0.4) is 0 Å². The number of aliphatic hydroxyl groups is 1. The van der Waals surface area contributed by atoms with Crippen molar-refractivity contribution in [1.82, 2.24) is 9.80 Å². The van der Waals surface area contributed by atoms with Gasteiger partial charge in [0, 0.05) is 38.3 Å². The topological polar surface area (TPSA) is 72.9 Å². The Kier molecular flexibility index (Phi) is 6.33. The highest BCUT2D eigenvalue weighted by atomic mass is 16.3. The molecule has 2 fully saturated rings. The fraction of sp³-hybridized carbons (Fsp3) is 0.417. The minimum absolute atomic E-state index is 0.106. The van der Waals surface area contributed by atoms with Crippen LogP contribution < -0.4 is 5.32 Å². The molecule has 4 rings (SSSR count). The largest absolute Gasteiger partial charge is 0.388 e. The summed E-state index contributed by atoms with van der Waals surface area (Å²) in [5.41, 5.74) is 2.76. The van der Waals surface area contributed by atoms with Crippen LogP contribution in [0.5, 0.6) is 0 Å². The van der Waals surface area contributed by atoms with Crippen LogP contribution in [0.25, 0.3) is 0 Å². The highest BCUT2D eigenvalue weighted by molar-refractivity contribution is 5.89. The third-order valence-corrected chi connectivity index (χ3v) is 6.16. The van der Waals surface area contributed by atoms with Gasteiger partial charge in [-0.2, -0.15) is 0 Å². The van der Waals surface area contributed by atoms with Gasteiger partial charge in [-0.15, -0.1) is 0 Å². The molecule has 2 heterocycles. The number of hydrogen-bond acceptors (Lipinski definition) is 3. The van der Waals surface area contributed by atoms with Crippen LogP contribution >= 0.6 is 0 Å². The molecular formula is C24H29N3O3. The fourth-order valence-electron chi connectivity index (χ4n) is 4.33. The molecule has 1 unspecified atom stereocenters. The van der Waals surface area contributed by atoms with E-state index in [-0.39, 0.29) is 17.9 Å². The summed E-state index contributed by atoms with van der Waals surface area (Å²) in [6, 6.07) is 17.3. The van der Waals surface area contributed by atoms with Crippen molar-refractivity contribution < 1.29 is 14.7 Å². The third-order valence-electron chi connectivity index (χ3n) is 6.16. The Morgan fingerprint density at radius 1 is 1.03 bits per heavy atom. The lowest BCUT2D eigenvalue weighted by molar-refractivity contribution is -0.128. The summed E-state index contributed by atoms with van der Waals surface area (Å²) in [7, 11) is 0. The number of amides is 3. The summed E-state index contributed by atoms with van der Waals surface area (Å²) in [6.07, 6.45) is 2.67. The molecule has 6 nitrogen and oxygen atoms in total. The van der Waals surface area contributed by atoms with Crippen LogP contribution in [-0.2, 0) is 11.3 Å². The molecular weight excluding hydrogens is 378 g/mol. The number of anilines is 1. The quantitative estimate of drug-likeness (QED) is 0.792. The average molecular weight is 408 g/mol. The Bertz CT molecular complexity index is 861. The highest BCUT2D eigenvalue weighted by Crippen LogP contribution is 2.30. The van der Waals surface area contributed by atoms with Crippen LogP contribution in [0.1, 0.15) is 42.9 Å².